The molecule has 0 aromatic carbocycles. The molecule has 2 atom stereocenters. The van der Waals surface area contributed by atoms with Gasteiger partial charge in [0.15, 0.2) is 0 Å². The van der Waals surface area contributed by atoms with Gasteiger partial charge in [0.1, 0.15) is 6.04 Å². The number of hydrogen-bond acceptors (Lipinski definition) is 3. The van der Waals surface area contributed by atoms with Gasteiger partial charge in [0.05, 0.1) is 12.0 Å². The van der Waals surface area contributed by atoms with Crippen molar-refractivity contribution in [3.8, 4) is 0 Å². The van der Waals surface area contributed by atoms with Crippen LogP contribution < -0.4 is 0 Å². The molecular formula is C14H23N3O2. The van der Waals surface area contributed by atoms with Crippen molar-refractivity contribution in [3.05, 3.63) is 18.2 Å². The molecule has 2 rings (SSSR count). The topological polar surface area (TPSA) is 58.4 Å². The van der Waals surface area contributed by atoms with Crippen LogP contribution in [0.15, 0.2) is 12.5 Å². The van der Waals surface area contributed by atoms with Crippen molar-refractivity contribution in [1.29, 1.82) is 0 Å². The first kappa shape index (κ1) is 14.1. The molecule has 2 unspecified atom stereocenters. The number of aliphatic carboxylic acids is 1. The molecule has 19 heavy (non-hydrogen) atoms. The predicted octanol–water partition coefficient (Wildman–Crippen LogP) is 2.15. The highest BCUT2D eigenvalue weighted by molar-refractivity contribution is 5.74. The number of carbonyl (C=O) groups is 1. The number of hydrogen-bond donors (Lipinski definition) is 1. The molecule has 1 fully saturated rings. The fourth-order valence-corrected chi connectivity index (χ4v) is 2.98. The number of carboxylic acid groups (broad SMARTS) is 1. The van der Waals surface area contributed by atoms with Gasteiger partial charge in [-0.1, -0.05) is 6.92 Å². The summed E-state index contributed by atoms with van der Waals surface area (Å²) in [6.07, 6.45) is 5.74. The molecular weight excluding hydrogens is 242 g/mol. The first-order chi connectivity index (χ1) is 9.00. The van der Waals surface area contributed by atoms with Crippen molar-refractivity contribution in [2.75, 3.05) is 6.54 Å². The maximum atomic E-state index is 11.5. The van der Waals surface area contributed by atoms with Crippen LogP contribution in [0.25, 0.3) is 0 Å². The lowest BCUT2D eigenvalue weighted by Crippen LogP contribution is -2.48. The van der Waals surface area contributed by atoms with Crippen LogP contribution in [-0.4, -0.2) is 38.1 Å². The summed E-state index contributed by atoms with van der Waals surface area (Å²) in [5.74, 6) is -0.496. The second-order valence-electron chi connectivity index (χ2n) is 5.76. The van der Waals surface area contributed by atoms with E-state index in [1.165, 1.54) is 0 Å². The van der Waals surface area contributed by atoms with Crippen LogP contribution in [0, 0.1) is 5.92 Å². The fourth-order valence-electron chi connectivity index (χ4n) is 2.98. The molecule has 1 aromatic heterocycles. The van der Waals surface area contributed by atoms with Crippen LogP contribution in [0.2, 0.25) is 0 Å². The molecule has 0 saturated carbocycles. The van der Waals surface area contributed by atoms with Crippen molar-refractivity contribution >= 4 is 5.97 Å². The van der Waals surface area contributed by atoms with E-state index in [9.17, 15) is 9.90 Å². The average Bonchev–Trinajstić information content (AvgIpc) is 2.76. The maximum absolute atomic E-state index is 11.5. The van der Waals surface area contributed by atoms with Crippen LogP contribution in [0.1, 0.15) is 45.3 Å². The summed E-state index contributed by atoms with van der Waals surface area (Å²) in [7, 11) is 0. The zero-order chi connectivity index (χ0) is 14.0. The first-order valence-electron chi connectivity index (χ1n) is 6.98. The fraction of sp³-hybridized carbons (Fsp3) is 0.714. The lowest BCUT2D eigenvalue weighted by molar-refractivity contribution is -0.147. The molecule has 2 heterocycles. The molecule has 0 aliphatic carbocycles. The van der Waals surface area contributed by atoms with Gasteiger partial charge in [-0.15, -0.1) is 0 Å². The third kappa shape index (κ3) is 2.97. The second-order valence-corrected chi connectivity index (χ2v) is 5.76. The maximum Gasteiger partial charge on any atom is 0.321 e. The van der Waals surface area contributed by atoms with Crippen LogP contribution in [-0.2, 0) is 11.3 Å². The minimum Gasteiger partial charge on any atom is -0.480 e. The van der Waals surface area contributed by atoms with Crippen LogP contribution in [0.5, 0.6) is 0 Å². The molecule has 0 spiro atoms. The largest absolute Gasteiger partial charge is 0.480 e. The van der Waals surface area contributed by atoms with Gasteiger partial charge in [0, 0.05) is 18.8 Å². The van der Waals surface area contributed by atoms with Crippen molar-refractivity contribution < 1.29 is 9.90 Å². The van der Waals surface area contributed by atoms with E-state index in [0.29, 0.717) is 12.6 Å². The van der Waals surface area contributed by atoms with Gasteiger partial charge < -0.3 is 9.67 Å². The summed E-state index contributed by atoms with van der Waals surface area (Å²) < 4.78 is 2.11. The van der Waals surface area contributed by atoms with E-state index >= 15 is 0 Å². The summed E-state index contributed by atoms with van der Waals surface area (Å²) in [6, 6.07) is -0.0211. The number of likely N-dealkylation sites (tertiary alicyclic amines) is 1. The van der Waals surface area contributed by atoms with Gasteiger partial charge in [-0.3, -0.25) is 9.69 Å². The van der Waals surface area contributed by atoms with Gasteiger partial charge >= 0.3 is 5.97 Å². The normalized spacial score (nSPS) is 24.8. The lowest BCUT2D eigenvalue weighted by Gasteiger charge is -2.37. The molecule has 1 aromatic rings. The van der Waals surface area contributed by atoms with E-state index in [1.807, 2.05) is 19.4 Å². The molecule has 1 aliphatic heterocycles. The molecule has 1 aliphatic rings. The highest BCUT2D eigenvalue weighted by Gasteiger charge is 2.34. The van der Waals surface area contributed by atoms with Gasteiger partial charge in [-0.05, 0) is 39.2 Å². The summed E-state index contributed by atoms with van der Waals surface area (Å²) in [5, 5.41) is 9.42. The first-order valence-corrected chi connectivity index (χ1v) is 6.98. The Balaban J connectivity index is 2.16. The monoisotopic (exact) mass is 265 g/mol. The Kier molecular flexibility index (Phi) is 4.24. The van der Waals surface area contributed by atoms with Crippen LogP contribution in [0.3, 0.4) is 0 Å². The lowest BCUT2D eigenvalue weighted by atomic mass is 9.90. The number of rotatable bonds is 4. The predicted molar refractivity (Wildman–Crippen MR) is 72.8 cm³/mol. The molecule has 0 bridgehead atoms. The van der Waals surface area contributed by atoms with Gasteiger partial charge in [0.2, 0.25) is 0 Å². The third-order valence-corrected chi connectivity index (χ3v) is 3.96. The van der Waals surface area contributed by atoms with E-state index < -0.39 is 5.97 Å². The van der Waals surface area contributed by atoms with Crippen molar-refractivity contribution in [1.82, 2.24) is 14.5 Å². The minimum atomic E-state index is -0.706. The van der Waals surface area contributed by atoms with Crippen LogP contribution >= 0.6 is 0 Å². The number of carboxylic acids is 1. The molecule has 0 radical (unpaired) electrons. The summed E-state index contributed by atoms with van der Waals surface area (Å²) in [5.41, 5.74) is 1.09. The Labute approximate surface area is 114 Å². The number of nitrogens with zero attached hydrogens (tertiary/aromatic N) is 3. The second kappa shape index (κ2) is 5.74. The molecule has 1 N–H and O–H groups in total. The molecule has 5 nitrogen and oxygen atoms in total. The summed E-state index contributed by atoms with van der Waals surface area (Å²) in [6.45, 7) is 7.77. The van der Waals surface area contributed by atoms with E-state index in [1.54, 1.807) is 0 Å². The highest BCUT2D eigenvalue weighted by Crippen LogP contribution is 2.25. The zero-order valence-electron chi connectivity index (χ0n) is 11.9. The van der Waals surface area contributed by atoms with E-state index in [4.69, 9.17) is 0 Å². The van der Waals surface area contributed by atoms with Gasteiger partial charge in [-0.2, -0.15) is 0 Å². The Hall–Kier alpha value is -1.36. The van der Waals surface area contributed by atoms with Crippen molar-refractivity contribution in [2.24, 2.45) is 5.92 Å². The van der Waals surface area contributed by atoms with E-state index in [0.717, 1.165) is 25.1 Å². The molecule has 106 valence electrons. The quantitative estimate of drug-likeness (QED) is 0.906. The Morgan fingerprint density at radius 1 is 1.58 bits per heavy atom. The number of piperidine rings is 1. The Morgan fingerprint density at radius 3 is 2.95 bits per heavy atom. The Morgan fingerprint density at radius 2 is 2.32 bits per heavy atom. The van der Waals surface area contributed by atoms with Gasteiger partial charge in [0.25, 0.3) is 0 Å². The summed E-state index contributed by atoms with van der Waals surface area (Å²) in [4.78, 5) is 17.7. The van der Waals surface area contributed by atoms with Crippen molar-refractivity contribution in [2.45, 2.75) is 52.2 Å². The van der Waals surface area contributed by atoms with Crippen molar-refractivity contribution in [3.63, 3.8) is 0 Å². The highest BCUT2D eigenvalue weighted by atomic mass is 16.4. The average molecular weight is 265 g/mol. The smallest absolute Gasteiger partial charge is 0.321 e. The van der Waals surface area contributed by atoms with E-state index in [2.05, 4.69) is 28.3 Å². The van der Waals surface area contributed by atoms with Gasteiger partial charge in [-0.25, -0.2) is 4.98 Å². The number of imidazole rings is 1. The minimum absolute atomic E-state index is 0.210. The molecule has 1 saturated heterocycles. The third-order valence-electron chi connectivity index (χ3n) is 3.96. The Bertz CT molecular complexity index is 442. The SMILES string of the molecule is CC1CCCN(Cc2cncn2C(C)C)C1C(=O)O. The van der Waals surface area contributed by atoms with E-state index in [-0.39, 0.29) is 12.0 Å². The molecule has 5 heteroatoms. The van der Waals surface area contributed by atoms with Crippen LogP contribution in [0.4, 0.5) is 0 Å². The standard InChI is InChI=1S/C14H23N3O2/c1-10(2)17-9-15-7-12(17)8-16-6-4-5-11(3)13(16)14(18)19/h7,9-11,13H,4-6,8H2,1-3H3,(H,18,19). The number of aromatic nitrogens is 2. The zero-order valence-corrected chi connectivity index (χ0v) is 11.9. The summed E-state index contributed by atoms with van der Waals surface area (Å²) >= 11 is 0. The molecule has 0 amide bonds.